The maximum Gasteiger partial charge on any atom is 0.164 e. The zero-order valence-corrected chi connectivity index (χ0v) is 34.1. The molecule has 0 saturated heterocycles. The molecule has 0 saturated carbocycles. The van der Waals surface area contributed by atoms with Gasteiger partial charge in [0.2, 0.25) is 0 Å². The number of hydrogen-bond donors (Lipinski definition) is 1. The Morgan fingerprint density at radius 1 is 0.900 bits per heavy atom. The predicted octanol–water partition coefficient (Wildman–Crippen LogP) is 10.1. The van der Waals surface area contributed by atoms with E-state index in [9.17, 15) is 9.90 Å². The van der Waals surface area contributed by atoms with Crippen molar-refractivity contribution < 1.29 is 34.4 Å². The molecule has 0 unspecified atom stereocenters. The average Bonchev–Trinajstić information content (AvgIpc) is 3.01. The largest absolute Gasteiger partial charge is 0.512 e. The Morgan fingerprint density at radius 3 is 2.22 bits per heavy atom. The monoisotopic (exact) mass is 862 g/mol. The summed E-state index contributed by atoms with van der Waals surface area (Å²) in [5.41, 5.74) is 3.26. The number of aliphatic hydroxyl groups excluding tert-OH is 1. The summed E-state index contributed by atoms with van der Waals surface area (Å²) in [5.74, 6) is 0.429. The molecule has 2 aromatic heterocycles. The van der Waals surface area contributed by atoms with Gasteiger partial charge in [0, 0.05) is 54.3 Å². The van der Waals surface area contributed by atoms with Gasteiger partial charge in [-0.1, -0.05) is 127 Å². The van der Waals surface area contributed by atoms with E-state index in [1.807, 2.05) is 65.9 Å². The summed E-state index contributed by atoms with van der Waals surface area (Å²) in [5, 5.41) is 19.3. The van der Waals surface area contributed by atoms with E-state index in [0.717, 1.165) is 55.6 Å². The molecular weight excluding hydrogens is 816 g/mol. The molecule has 1 aliphatic rings. The summed E-state index contributed by atoms with van der Waals surface area (Å²) in [4.78, 5) is 21.5. The maximum absolute atomic E-state index is 15.3. The van der Waals surface area contributed by atoms with E-state index in [2.05, 4.69) is 69.4 Å². The Balaban J connectivity index is 0.000000299. The molecule has 1 N–H and O–H groups in total. The first-order valence-corrected chi connectivity index (χ1v) is 20.1. The molecule has 0 aliphatic carbocycles. The van der Waals surface area contributed by atoms with E-state index in [1.54, 1.807) is 6.07 Å². The zero-order chi connectivity index (χ0) is 35.6. The molecule has 0 spiro atoms. The second-order valence-corrected chi connectivity index (χ2v) is 20.7. The van der Waals surface area contributed by atoms with Crippen LogP contribution in [0.2, 0.25) is 13.1 Å². The molecule has 0 amide bonds. The fourth-order valence-electron chi connectivity index (χ4n) is 6.66. The number of aliphatic hydroxyl groups is 1. The fraction of sp³-hybridized carbons (Fsp3) is 0.326. The SMILES string of the molecule is CC(C)(C)C(=O)/C=C(\O)C(C)(C)C.CC(C)Cc1cc(F)c2ccc3c4ccnc5c4c(cc3c2c1)[Si](C)(C)c1nc2ccccc2[c-]c1-5.[Ir]. The second-order valence-electron chi connectivity index (χ2n) is 16.4. The Kier molecular flexibility index (Phi) is 10.1. The Bertz CT molecular complexity index is 2330. The van der Waals surface area contributed by atoms with E-state index in [0.29, 0.717) is 11.3 Å². The first-order valence-electron chi connectivity index (χ1n) is 17.1. The number of nitrogens with zero attached hydrogens (tertiary/aromatic N) is 2. The van der Waals surface area contributed by atoms with Crippen molar-refractivity contribution in [3.05, 3.63) is 96.1 Å². The van der Waals surface area contributed by atoms with Crippen LogP contribution in [0.4, 0.5) is 4.39 Å². The average molecular weight is 862 g/mol. The van der Waals surface area contributed by atoms with Crippen LogP contribution in [0.1, 0.15) is 61.0 Å². The molecule has 1 aliphatic heterocycles. The molecule has 7 rings (SSSR count). The van der Waals surface area contributed by atoms with E-state index in [1.165, 1.54) is 22.0 Å². The Labute approximate surface area is 309 Å². The van der Waals surface area contributed by atoms with Gasteiger partial charge >= 0.3 is 0 Å². The van der Waals surface area contributed by atoms with Gasteiger partial charge in [0.05, 0.1) is 8.07 Å². The third-order valence-electron chi connectivity index (χ3n) is 9.54. The summed E-state index contributed by atoms with van der Waals surface area (Å²) >= 11 is 0. The molecule has 1 radical (unpaired) electrons. The number of ketones is 1. The normalized spacial score (nSPS) is 14.0. The van der Waals surface area contributed by atoms with Gasteiger partial charge in [-0.15, -0.1) is 12.1 Å². The third-order valence-corrected chi connectivity index (χ3v) is 12.8. The number of carbonyl (C=O) groups is 1. The van der Waals surface area contributed by atoms with Gasteiger partial charge < -0.3 is 10.1 Å². The van der Waals surface area contributed by atoms with Gasteiger partial charge in [-0.05, 0) is 67.8 Å². The summed E-state index contributed by atoms with van der Waals surface area (Å²) in [6, 6.07) is 24.3. The molecular formula is C43H46FIrN2O2Si-. The number of aromatic nitrogens is 2. The summed E-state index contributed by atoms with van der Waals surface area (Å²) in [7, 11) is -2.21. The van der Waals surface area contributed by atoms with Crippen molar-refractivity contribution >= 4 is 67.6 Å². The summed E-state index contributed by atoms with van der Waals surface area (Å²) in [6.07, 6.45) is 4.09. The predicted molar refractivity (Wildman–Crippen MR) is 206 cm³/mol. The molecule has 50 heavy (non-hydrogen) atoms. The molecule has 6 aromatic rings. The third kappa shape index (κ3) is 6.80. The van der Waals surface area contributed by atoms with Gasteiger partial charge in [0.15, 0.2) is 5.78 Å². The van der Waals surface area contributed by atoms with Crippen LogP contribution in [-0.4, -0.2) is 28.9 Å². The number of fused-ring (bicyclic) bond motifs is 7. The fourth-order valence-corrected chi connectivity index (χ4v) is 9.50. The van der Waals surface area contributed by atoms with Crippen LogP contribution in [0, 0.1) is 28.6 Å². The topological polar surface area (TPSA) is 63.1 Å². The van der Waals surface area contributed by atoms with Crippen LogP contribution >= 0.6 is 0 Å². The van der Waals surface area contributed by atoms with Crippen LogP contribution < -0.4 is 10.5 Å². The van der Waals surface area contributed by atoms with Gasteiger partial charge in [0.25, 0.3) is 0 Å². The van der Waals surface area contributed by atoms with E-state index < -0.39 is 13.5 Å². The van der Waals surface area contributed by atoms with Crippen molar-refractivity contribution in [1.29, 1.82) is 0 Å². The molecule has 3 heterocycles. The minimum Gasteiger partial charge on any atom is -0.512 e. The standard InChI is InChI=1S/C32H26FN2Si.C11H20O2.Ir/c1-18(2)13-19-14-24-22(27(33)15-19)10-9-21-23-11-12-34-31-26-16-20-7-5-6-8-28(20)35-32(26)36(3,4)29(30(23)31)17-25(21)24;1-10(2,3)8(12)7-9(13)11(4,5)6;/h5-12,14-15,17-18H,13H2,1-4H3;7,12H,1-6H3;/q-1;;/b;8-7-;. The minimum atomic E-state index is -2.21. The molecule has 0 bridgehead atoms. The number of allylic oxidation sites excluding steroid dienone is 2. The number of para-hydroxylation sites is 1. The summed E-state index contributed by atoms with van der Waals surface area (Å²) in [6.45, 7) is 20.2. The quantitative estimate of drug-likeness (QED) is 0.0633. The van der Waals surface area contributed by atoms with Crippen molar-refractivity contribution in [1.82, 2.24) is 9.97 Å². The molecule has 4 aromatic carbocycles. The van der Waals surface area contributed by atoms with Gasteiger partial charge in [-0.3, -0.25) is 9.78 Å². The van der Waals surface area contributed by atoms with Crippen LogP contribution in [-0.2, 0) is 31.3 Å². The van der Waals surface area contributed by atoms with Gasteiger partial charge in [0.1, 0.15) is 11.6 Å². The van der Waals surface area contributed by atoms with Crippen LogP contribution in [0.15, 0.2) is 78.7 Å². The van der Waals surface area contributed by atoms with Crippen molar-refractivity contribution in [3.63, 3.8) is 0 Å². The minimum absolute atomic E-state index is 0. The van der Waals surface area contributed by atoms with Crippen molar-refractivity contribution in [3.8, 4) is 11.3 Å². The zero-order valence-electron chi connectivity index (χ0n) is 30.7. The number of hydrogen-bond acceptors (Lipinski definition) is 4. The molecule has 0 fully saturated rings. The first kappa shape index (κ1) is 37.5. The summed E-state index contributed by atoms with van der Waals surface area (Å²) < 4.78 is 15.3. The van der Waals surface area contributed by atoms with Crippen LogP contribution in [0.5, 0.6) is 0 Å². The maximum atomic E-state index is 15.3. The number of halogens is 1. The van der Waals surface area contributed by atoms with E-state index in [-0.39, 0.29) is 42.9 Å². The second kappa shape index (κ2) is 13.4. The molecule has 4 nitrogen and oxygen atoms in total. The molecule has 7 heteroatoms. The van der Waals surface area contributed by atoms with E-state index in [4.69, 9.17) is 9.97 Å². The Morgan fingerprint density at radius 2 is 1.56 bits per heavy atom. The van der Waals surface area contributed by atoms with Crippen LogP contribution in [0.25, 0.3) is 54.5 Å². The van der Waals surface area contributed by atoms with Gasteiger partial charge in [-0.2, -0.15) is 0 Å². The number of benzene rings is 4. The van der Waals surface area contributed by atoms with Crippen molar-refractivity contribution in [2.24, 2.45) is 16.7 Å². The number of carbonyl (C=O) groups excluding carboxylic acids is 1. The van der Waals surface area contributed by atoms with E-state index >= 15 is 4.39 Å². The van der Waals surface area contributed by atoms with Crippen molar-refractivity contribution in [2.45, 2.75) is 74.9 Å². The molecule has 261 valence electrons. The van der Waals surface area contributed by atoms with Gasteiger partial charge in [-0.25, -0.2) is 4.39 Å². The Hall–Kier alpha value is -3.77. The smallest absolute Gasteiger partial charge is 0.164 e. The number of rotatable bonds is 3. The molecule has 0 atom stereocenters. The van der Waals surface area contributed by atoms with Crippen LogP contribution in [0.3, 0.4) is 0 Å². The van der Waals surface area contributed by atoms with Crippen molar-refractivity contribution in [2.75, 3.05) is 0 Å². The number of pyridine rings is 2. The first-order chi connectivity index (χ1) is 22.9.